The molecular weight excluding hydrogens is 582 g/mol. The first-order chi connectivity index (χ1) is 22.9. The Hall–Kier alpha value is -6.01. The second kappa shape index (κ2) is 14.8. The van der Waals surface area contributed by atoms with Crippen molar-refractivity contribution >= 4 is 23.3 Å². The summed E-state index contributed by atoms with van der Waals surface area (Å²) in [5, 5.41) is 7.07. The molecular formula is C41H37N3O3. The van der Waals surface area contributed by atoms with Crippen molar-refractivity contribution in [3.63, 3.8) is 0 Å². The van der Waals surface area contributed by atoms with Crippen molar-refractivity contribution < 1.29 is 14.2 Å². The quantitative estimate of drug-likeness (QED) is 0.105. The van der Waals surface area contributed by atoms with E-state index in [-0.39, 0.29) is 6.17 Å². The van der Waals surface area contributed by atoms with Crippen molar-refractivity contribution in [1.82, 2.24) is 0 Å². The number of anilines is 2. The largest absolute Gasteiger partial charge is 0.457 e. The van der Waals surface area contributed by atoms with Crippen molar-refractivity contribution in [3.8, 4) is 34.5 Å². The number of aryl methyl sites for hydroxylation is 3. The molecule has 0 spiro atoms. The number of rotatable bonds is 12. The lowest BCUT2D eigenvalue weighted by Gasteiger charge is -2.19. The monoisotopic (exact) mass is 619 g/mol. The third-order valence-electron chi connectivity index (χ3n) is 7.33. The first-order valence-corrected chi connectivity index (χ1v) is 15.5. The second-order valence-corrected chi connectivity index (χ2v) is 11.3. The molecule has 0 aliphatic carbocycles. The molecule has 0 unspecified atom stereocenters. The van der Waals surface area contributed by atoms with Gasteiger partial charge in [-0.2, -0.15) is 0 Å². The van der Waals surface area contributed by atoms with E-state index in [1.165, 1.54) is 16.7 Å². The normalized spacial score (nSPS) is 11.0. The molecule has 0 aromatic heterocycles. The van der Waals surface area contributed by atoms with Crippen LogP contribution >= 0.6 is 0 Å². The van der Waals surface area contributed by atoms with Gasteiger partial charge in [0.25, 0.3) is 0 Å². The van der Waals surface area contributed by atoms with Crippen LogP contribution in [0.25, 0.3) is 0 Å². The summed E-state index contributed by atoms with van der Waals surface area (Å²) in [4.78, 5) is 4.76. The van der Waals surface area contributed by atoms with Gasteiger partial charge in [-0.3, -0.25) is 4.99 Å². The first-order valence-electron chi connectivity index (χ1n) is 15.5. The molecule has 0 bridgehead atoms. The van der Waals surface area contributed by atoms with Crippen LogP contribution in [0.5, 0.6) is 34.5 Å². The average Bonchev–Trinajstić information content (AvgIpc) is 3.09. The Balaban J connectivity index is 1.15. The van der Waals surface area contributed by atoms with E-state index in [9.17, 15) is 0 Å². The maximum atomic E-state index is 6.01. The number of nitrogens with one attached hydrogen (secondary N) is 2. The summed E-state index contributed by atoms with van der Waals surface area (Å²) in [6.07, 6.45) is 1.52. The highest BCUT2D eigenvalue weighted by Crippen LogP contribution is 2.27. The predicted octanol–water partition coefficient (Wildman–Crippen LogP) is 11.2. The fraction of sp³-hybridized carbons (Fsp3) is 0.0976. The molecule has 0 saturated heterocycles. The smallest absolute Gasteiger partial charge is 0.133 e. The Morgan fingerprint density at radius 3 is 1.00 bits per heavy atom. The molecule has 0 aliphatic heterocycles. The van der Waals surface area contributed by atoms with Crippen LogP contribution in [0.3, 0.4) is 0 Å². The van der Waals surface area contributed by atoms with Crippen LogP contribution in [0.2, 0.25) is 0 Å². The van der Waals surface area contributed by atoms with Gasteiger partial charge < -0.3 is 24.8 Å². The summed E-state index contributed by atoms with van der Waals surface area (Å²) < 4.78 is 18.0. The summed E-state index contributed by atoms with van der Waals surface area (Å²) in [5.74, 6) is 4.66. The van der Waals surface area contributed by atoms with Crippen LogP contribution in [-0.4, -0.2) is 12.4 Å². The van der Waals surface area contributed by atoms with Gasteiger partial charge in [0, 0.05) is 17.6 Å². The molecule has 6 heteroatoms. The minimum Gasteiger partial charge on any atom is -0.457 e. The van der Waals surface area contributed by atoms with Crippen LogP contribution in [0.4, 0.5) is 17.1 Å². The number of ether oxygens (including phenoxy) is 3. The zero-order chi connectivity index (χ0) is 32.4. The minimum absolute atomic E-state index is 0.328. The van der Waals surface area contributed by atoms with Crippen molar-refractivity contribution in [2.24, 2.45) is 4.99 Å². The molecule has 6 rings (SSSR count). The molecule has 47 heavy (non-hydrogen) atoms. The van der Waals surface area contributed by atoms with Gasteiger partial charge in [-0.05, 0) is 130 Å². The lowest BCUT2D eigenvalue weighted by atomic mass is 10.2. The highest BCUT2D eigenvalue weighted by Gasteiger charge is 2.08. The number of benzene rings is 6. The standard InChI is InChI=1S/C41H37N3O3/c1-29-4-16-35(17-5-29)45-38-22-10-32(11-23-38)42-28-41(43-33-12-24-39(25-13-33)46-36-18-6-30(2)7-19-36)44-34-14-26-40(27-15-34)47-37-20-8-31(3)9-21-37/h4-28,41,43-44H,1-3H3. The second-order valence-electron chi connectivity index (χ2n) is 11.3. The van der Waals surface area contributed by atoms with E-state index < -0.39 is 0 Å². The predicted molar refractivity (Wildman–Crippen MR) is 192 cm³/mol. The molecule has 6 nitrogen and oxygen atoms in total. The van der Waals surface area contributed by atoms with E-state index in [1.54, 1.807) is 0 Å². The SMILES string of the molecule is Cc1ccc(Oc2ccc(N=CC(Nc3ccc(Oc4ccc(C)cc4)cc3)Nc3ccc(Oc4ccc(C)cc4)cc3)cc2)cc1. The van der Waals surface area contributed by atoms with E-state index in [0.29, 0.717) is 0 Å². The Bertz CT molecular complexity index is 1790. The number of nitrogens with zero attached hydrogens (tertiary/aromatic N) is 1. The van der Waals surface area contributed by atoms with Gasteiger partial charge in [-0.15, -0.1) is 0 Å². The zero-order valence-corrected chi connectivity index (χ0v) is 26.7. The third-order valence-corrected chi connectivity index (χ3v) is 7.33. The van der Waals surface area contributed by atoms with E-state index in [0.717, 1.165) is 51.6 Å². The van der Waals surface area contributed by atoms with Gasteiger partial charge in [0.05, 0.1) is 5.69 Å². The Morgan fingerprint density at radius 1 is 0.404 bits per heavy atom. The van der Waals surface area contributed by atoms with E-state index in [1.807, 2.05) is 152 Å². The Morgan fingerprint density at radius 2 is 0.681 bits per heavy atom. The maximum Gasteiger partial charge on any atom is 0.133 e. The molecule has 6 aromatic carbocycles. The minimum atomic E-state index is -0.328. The summed E-state index contributed by atoms with van der Waals surface area (Å²) in [6.45, 7) is 6.17. The van der Waals surface area contributed by atoms with E-state index in [4.69, 9.17) is 19.2 Å². The molecule has 6 aromatic rings. The summed E-state index contributed by atoms with van der Waals surface area (Å²) in [7, 11) is 0. The van der Waals surface area contributed by atoms with Crippen molar-refractivity contribution in [1.29, 1.82) is 0 Å². The molecule has 0 amide bonds. The van der Waals surface area contributed by atoms with Crippen LogP contribution in [-0.2, 0) is 0 Å². The molecule has 234 valence electrons. The number of hydrogen-bond acceptors (Lipinski definition) is 6. The lowest BCUT2D eigenvalue weighted by molar-refractivity contribution is 0.482. The molecule has 0 saturated carbocycles. The van der Waals surface area contributed by atoms with Crippen LogP contribution in [0.15, 0.2) is 151 Å². The van der Waals surface area contributed by atoms with Crippen molar-refractivity contribution in [2.45, 2.75) is 26.9 Å². The summed E-state index contributed by atoms with van der Waals surface area (Å²) in [5.41, 5.74) is 6.20. The molecule has 0 atom stereocenters. The van der Waals surface area contributed by atoms with Gasteiger partial charge in [0.15, 0.2) is 0 Å². The maximum absolute atomic E-state index is 6.01. The first kappa shape index (κ1) is 31.0. The lowest BCUT2D eigenvalue weighted by Crippen LogP contribution is -2.30. The van der Waals surface area contributed by atoms with Gasteiger partial charge >= 0.3 is 0 Å². The van der Waals surface area contributed by atoms with Gasteiger partial charge in [-0.1, -0.05) is 53.1 Å². The summed E-state index contributed by atoms with van der Waals surface area (Å²) >= 11 is 0. The van der Waals surface area contributed by atoms with E-state index in [2.05, 4.69) is 31.4 Å². The number of hydrogen-bond donors (Lipinski definition) is 2. The Labute approximate surface area is 276 Å². The zero-order valence-electron chi connectivity index (χ0n) is 26.7. The number of aliphatic imine (C=N–C) groups is 1. The highest BCUT2D eigenvalue weighted by atomic mass is 16.5. The molecule has 0 aliphatic rings. The molecule has 0 fully saturated rings. The van der Waals surface area contributed by atoms with Gasteiger partial charge in [-0.25, -0.2) is 0 Å². The van der Waals surface area contributed by atoms with Crippen molar-refractivity contribution in [3.05, 3.63) is 162 Å². The fourth-order valence-corrected chi connectivity index (χ4v) is 4.70. The third kappa shape index (κ3) is 9.25. The van der Waals surface area contributed by atoms with E-state index >= 15 is 0 Å². The highest BCUT2D eigenvalue weighted by molar-refractivity contribution is 5.76. The topological polar surface area (TPSA) is 64.1 Å². The molecule has 0 heterocycles. The van der Waals surface area contributed by atoms with Gasteiger partial charge in [0.1, 0.15) is 40.7 Å². The van der Waals surface area contributed by atoms with Gasteiger partial charge in [0.2, 0.25) is 0 Å². The average molecular weight is 620 g/mol. The molecule has 2 N–H and O–H groups in total. The van der Waals surface area contributed by atoms with Crippen LogP contribution in [0, 0.1) is 20.8 Å². The summed E-state index contributed by atoms with van der Waals surface area (Å²) in [6, 6.07) is 47.4. The van der Waals surface area contributed by atoms with Crippen LogP contribution < -0.4 is 24.8 Å². The van der Waals surface area contributed by atoms with Crippen molar-refractivity contribution in [2.75, 3.05) is 10.6 Å². The Kier molecular flexibility index (Phi) is 9.79. The van der Waals surface area contributed by atoms with Crippen LogP contribution in [0.1, 0.15) is 16.7 Å². The molecule has 0 radical (unpaired) electrons. The fourth-order valence-electron chi connectivity index (χ4n) is 4.70.